The highest BCUT2D eigenvalue weighted by Gasteiger charge is 2.20. The molecule has 0 atom stereocenters. The molecule has 1 amide bonds. The van der Waals surface area contributed by atoms with Crippen molar-refractivity contribution in [1.29, 1.82) is 0 Å². The SMILES string of the molecule is CNS(=O)(=O)N=C(Nc1ccccc1)N(C)C(=O)Oc1ccccc1. The number of rotatable bonds is 4. The molecule has 0 aliphatic carbocycles. The smallest absolute Gasteiger partial charge is 0.410 e. The highest BCUT2D eigenvalue weighted by atomic mass is 32.2. The van der Waals surface area contributed by atoms with E-state index in [0.29, 0.717) is 11.4 Å². The standard InChI is InChI=1S/C16H18N4O4S/c1-17-25(22,23)19-15(18-13-9-5-3-6-10-13)20(2)16(21)24-14-11-7-4-8-12-14/h3-12,17H,1-2H3,(H,18,19). The third-order valence-electron chi connectivity index (χ3n) is 3.03. The Morgan fingerprint density at radius 2 is 1.60 bits per heavy atom. The molecule has 8 nitrogen and oxygen atoms in total. The average Bonchev–Trinajstić information content (AvgIpc) is 2.62. The van der Waals surface area contributed by atoms with Crippen LogP contribution in [0.15, 0.2) is 65.1 Å². The summed E-state index contributed by atoms with van der Waals surface area (Å²) in [4.78, 5) is 13.3. The summed E-state index contributed by atoms with van der Waals surface area (Å²) in [5, 5.41) is 2.79. The summed E-state index contributed by atoms with van der Waals surface area (Å²) in [5.74, 6) is 0.122. The van der Waals surface area contributed by atoms with Crippen LogP contribution >= 0.6 is 0 Å². The Morgan fingerprint density at radius 1 is 1.04 bits per heavy atom. The predicted molar refractivity (Wildman–Crippen MR) is 95.7 cm³/mol. The molecule has 9 heteroatoms. The molecule has 2 N–H and O–H groups in total. The van der Waals surface area contributed by atoms with Gasteiger partial charge in [-0.3, -0.25) is 0 Å². The fourth-order valence-corrected chi connectivity index (χ4v) is 2.21. The van der Waals surface area contributed by atoms with Crippen molar-refractivity contribution in [3.05, 3.63) is 60.7 Å². The van der Waals surface area contributed by atoms with Gasteiger partial charge in [-0.1, -0.05) is 36.4 Å². The van der Waals surface area contributed by atoms with E-state index in [1.807, 2.05) is 0 Å². The van der Waals surface area contributed by atoms with Gasteiger partial charge < -0.3 is 10.1 Å². The second kappa shape index (κ2) is 8.27. The number of ether oxygens (including phenoxy) is 1. The van der Waals surface area contributed by atoms with E-state index in [1.54, 1.807) is 60.7 Å². The summed E-state index contributed by atoms with van der Waals surface area (Å²) in [6.07, 6.45) is -0.792. The second-order valence-electron chi connectivity index (χ2n) is 4.83. The normalized spacial score (nSPS) is 11.7. The molecule has 2 aromatic rings. The molecule has 0 saturated heterocycles. The summed E-state index contributed by atoms with van der Waals surface area (Å²) in [5.41, 5.74) is 0.562. The van der Waals surface area contributed by atoms with E-state index in [4.69, 9.17) is 4.74 Å². The van der Waals surface area contributed by atoms with Crippen LogP contribution in [0.5, 0.6) is 5.75 Å². The van der Waals surface area contributed by atoms with Crippen LogP contribution in [0.4, 0.5) is 10.5 Å². The van der Waals surface area contributed by atoms with Gasteiger partial charge in [-0.05, 0) is 24.3 Å². The molecular formula is C16H18N4O4S. The van der Waals surface area contributed by atoms with Crippen LogP contribution in [0.3, 0.4) is 0 Å². The first-order chi connectivity index (χ1) is 11.9. The van der Waals surface area contributed by atoms with Gasteiger partial charge in [-0.25, -0.2) is 9.69 Å². The van der Waals surface area contributed by atoms with Crippen LogP contribution in [0.1, 0.15) is 0 Å². The number of amides is 1. The maximum Gasteiger partial charge on any atom is 0.421 e. The zero-order valence-corrected chi connectivity index (χ0v) is 14.5. The second-order valence-corrected chi connectivity index (χ2v) is 6.37. The Kier molecular flexibility index (Phi) is 6.09. The molecule has 0 bridgehead atoms. The minimum absolute atomic E-state index is 0.207. The van der Waals surface area contributed by atoms with Crippen molar-refractivity contribution in [2.24, 2.45) is 4.40 Å². The molecule has 132 valence electrons. The number of hydrogen-bond donors (Lipinski definition) is 2. The number of carbonyl (C=O) groups is 1. The molecule has 0 saturated carbocycles. The summed E-state index contributed by atoms with van der Waals surface area (Å²) < 4.78 is 34.4. The van der Waals surface area contributed by atoms with E-state index < -0.39 is 16.3 Å². The van der Waals surface area contributed by atoms with E-state index in [1.165, 1.54) is 14.1 Å². The van der Waals surface area contributed by atoms with E-state index in [0.717, 1.165) is 4.90 Å². The van der Waals surface area contributed by atoms with Crippen molar-refractivity contribution in [2.45, 2.75) is 0 Å². The number of carbonyl (C=O) groups excluding carboxylic acids is 1. The van der Waals surface area contributed by atoms with Crippen molar-refractivity contribution < 1.29 is 17.9 Å². The minimum Gasteiger partial charge on any atom is -0.410 e. The van der Waals surface area contributed by atoms with Crippen molar-refractivity contribution in [3.63, 3.8) is 0 Å². The molecular weight excluding hydrogens is 344 g/mol. The molecule has 0 spiro atoms. The van der Waals surface area contributed by atoms with Crippen LogP contribution in [0.25, 0.3) is 0 Å². The average molecular weight is 362 g/mol. The number of hydrogen-bond acceptors (Lipinski definition) is 4. The van der Waals surface area contributed by atoms with E-state index in [9.17, 15) is 13.2 Å². The Labute approximate surface area is 146 Å². The van der Waals surface area contributed by atoms with Gasteiger partial charge >= 0.3 is 16.3 Å². The quantitative estimate of drug-likeness (QED) is 0.640. The number of nitrogens with one attached hydrogen (secondary N) is 2. The molecule has 0 aliphatic rings. The number of guanidine groups is 1. The van der Waals surface area contributed by atoms with E-state index >= 15 is 0 Å². The lowest BCUT2D eigenvalue weighted by atomic mass is 10.3. The summed E-state index contributed by atoms with van der Waals surface area (Å²) in [7, 11) is -1.39. The number of benzene rings is 2. The topological polar surface area (TPSA) is 100 Å². The molecule has 0 fully saturated rings. The fourth-order valence-electron chi connectivity index (χ4n) is 1.72. The van der Waals surface area contributed by atoms with E-state index in [-0.39, 0.29) is 5.96 Å². The minimum atomic E-state index is -3.96. The Hall–Kier alpha value is -2.91. The maximum absolute atomic E-state index is 12.3. The lowest BCUT2D eigenvalue weighted by molar-refractivity contribution is 0.182. The van der Waals surface area contributed by atoms with Gasteiger partial charge in [0.25, 0.3) is 0 Å². The van der Waals surface area contributed by atoms with Gasteiger partial charge in [-0.2, -0.15) is 13.1 Å². The number of nitrogens with zero attached hydrogens (tertiary/aromatic N) is 2. The molecule has 0 radical (unpaired) electrons. The molecule has 0 aliphatic heterocycles. The molecule has 0 heterocycles. The van der Waals surface area contributed by atoms with Crippen LogP contribution < -0.4 is 14.8 Å². The summed E-state index contributed by atoms with van der Waals surface area (Å²) in [6.45, 7) is 0. The first-order valence-corrected chi connectivity index (χ1v) is 8.71. The van der Waals surface area contributed by atoms with Crippen molar-refractivity contribution in [2.75, 3.05) is 19.4 Å². The maximum atomic E-state index is 12.3. The molecule has 2 rings (SSSR count). The van der Waals surface area contributed by atoms with Crippen LogP contribution in [-0.2, 0) is 10.2 Å². The zero-order valence-electron chi connectivity index (χ0n) is 13.7. The Balaban J connectivity index is 2.26. The van der Waals surface area contributed by atoms with E-state index in [2.05, 4.69) is 14.4 Å². The first kappa shape index (κ1) is 18.4. The monoisotopic (exact) mass is 362 g/mol. The lowest BCUT2D eigenvalue weighted by Crippen LogP contribution is -2.41. The first-order valence-electron chi connectivity index (χ1n) is 7.27. The highest BCUT2D eigenvalue weighted by Crippen LogP contribution is 2.12. The Morgan fingerprint density at radius 3 is 2.16 bits per heavy atom. The van der Waals surface area contributed by atoms with Gasteiger partial charge in [0.05, 0.1) is 0 Å². The third kappa shape index (κ3) is 5.59. The summed E-state index contributed by atoms with van der Waals surface area (Å²) in [6, 6.07) is 17.2. The fraction of sp³-hybridized carbons (Fsp3) is 0.125. The van der Waals surface area contributed by atoms with Crippen molar-refractivity contribution in [3.8, 4) is 5.75 Å². The van der Waals surface area contributed by atoms with Crippen molar-refractivity contribution >= 4 is 27.9 Å². The molecule has 2 aromatic carbocycles. The van der Waals surface area contributed by atoms with Gasteiger partial charge in [0, 0.05) is 19.8 Å². The van der Waals surface area contributed by atoms with Crippen molar-refractivity contribution in [1.82, 2.24) is 9.62 Å². The van der Waals surface area contributed by atoms with Crippen LogP contribution in [0.2, 0.25) is 0 Å². The van der Waals surface area contributed by atoms with Crippen LogP contribution in [0, 0.1) is 0 Å². The van der Waals surface area contributed by atoms with Crippen LogP contribution in [-0.4, -0.2) is 39.5 Å². The van der Waals surface area contributed by atoms with Gasteiger partial charge in [0.1, 0.15) is 5.75 Å². The zero-order chi connectivity index (χ0) is 18.3. The number of para-hydroxylation sites is 2. The molecule has 0 unspecified atom stereocenters. The van der Waals surface area contributed by atoms with Gasteiger partial charge in [0.15, 0.2) is 0 Å². The Bertz CT molecular complexity index is 839. The van der Waals surface area contributed by atoms with Gasteiger partial charge in [-0.15, -0.1) is 4.40 Å². The largest absolute Gasteiger partial charge is 0.421 e. The molecule has 0 aromatic heterocycles. The number of anilines is 1. The lowest BCUT2D eigenvalue weighted by Gasteiger charge is -2.20. The predicted octanol–water partition coefficient (Wildman–Crippen LogP) is 2.05. The van der Waals surface area contributed by atoms with Gasteiger partial charge in [0.2, 0.25) is 5.96 Å². The highest BCUT2D eigenvalue weighted by molar-refractivity contribution is 7.88. The molecule has 25 heavy (non-hydrogen) atoms. The third-order valence-corrected chi connectivity index (χ3v) is 3.96. The summed E-state index contributed by atoms with van der Waals surface area (Å²) >= 11 is 0.